The lowest BCUT2D eigenvalue weighted by molar-refractivity contribution is 0.0168. The maximum Gasteiger partial charge on any atom is 0.270 e. The zero-order valence-corrected chi connectivity index (χ0v) is 12.4. The molecular weight excluding hydrogens is 288 g/mol. The van der Waals surface area contributed by atoms with Crippen molar-refractivity contribution in [1.29, 1.82) is 0 Å². The number of pyridine rings is 1. The van der Waals surface area contributed by atoms with Gasteiger partial charge in [-0.05, 0) is 30.7 Å². The molecule has 4 nitrogen and oxygen atoms in total. The lowest BCUT2D eigenvalue weighted by Crippen LogP contribution is -2.35. The molecule has 1 aromatic carbocycles. The number of hydrogen-bond donors (Lipinski definition) is 1. The van der Waals surface area contributed by atoms with Crippen LogP contribution in [0.4, 0.5) is 0 Å². The average Bonchev–Trinajstić information content (AvgIpc) is 2.53. The van der Waals surface area contributed by atoms with Crippen molar-refractivity contribution in [2.45, 2.75) is 25.4 Å². The van der Waals surface area contributed by atoms with Gasteiger partial charge in [0.05, 0.1) is 6.10 Å². The first-order valence-electron chi connectivity index (χ1n) is 7.19. The fourth-order valence-corrected chi connectivity index (χ4v) is 2.80. The second kappa shape index (κ2) is 6.41. The molecule has 0 bridgehead atoms. The highest BCUT2D eigenvalue weighted by Gasteiger charge is 2.16. The van der Waals surface area contributed by atoms with E-state index in [-0.39, 0.29) is 12.0 Å². The molecule has 1 saturated heterocycles. The molecule has 2 aromatic rings. The third kappa shape index (κ3) is 3.34. The lowest BCUT2D eigenvalue weighted by Gasteiger charge is -2.22. The molecule has 110 valence electrons. The maximum atomic E-state index is 12.2. The minimum absolute atomic E-state index is 0.110. The van der Waals surface area contributed by atoms with Gasteiger partial charge in [0.1, 0.15) is 10.8 Å². The number of halogens is 1. The average molecular weight is 305 g/mol. The van der Waals surface area contributed by atoms with Gasteiger partial charge in [0.2, 0.25) is 0 Å². The van der Waals surface area contributed by atoms with Crippen molar-refractivity contribution in [3.8, 4) is 0 Å². The van der Waals surface area contributed by atoms with Crippen molar-refractivity contribution in [2.24, 2.45) is 0 Å². The number of nitrogens with one attached hydrogen (secondary N) is 1. The van der Waals surface area contributed by atoms with Gasteiger partial charge in [-0.25, -0.2) is 4.98 Å². The number of hydrogen-bond acceptors (Lipinski definition) is 3. The summed E-state index contributed by atoms with van der Waals surface area (Å²) in [6.07, 6.45) is 3.36. The number of amides is 1. The van der Waals surface area contributed by atoms with Crippen LogP contribution in [0.3, 0.4) is 0 Å². The Morgan fingerprint density at radius 2 is 2.24 bits per heavy atom. The zero-order chi connectivity index (χ0) is 14.7. The van der Waals surface area contributed by atoms with E-state index in [4.69, 9.17) is 16.3 Å². The van der Waals surface area contributed by atoms with Gasteiger partial charge in [-0.15, -0.1) is 0 Å². The van der Waals surface area contributed by atoms with Crippen LogP contribution in [0.2, 0.25) is 5.15 Å². The lowest BCUT2D eigenvalue weighted by atomic mass is 10.1. The Kier molecular flexibility index (Phi) is 4.36. The molecule has 1 aliphatic heterocycles. The monoisotopic (exact) mass is 304 g/mol. The number of rotatable bonds is 3. The van der Waals surface area contributed by atoms with Gasteiger partial charge in [0.15, 0.2) is 0 Å². The van der Waals surface area contributed by atoms with Gasteiger partial charge in [-0.1, -0.05) is 35.9 Å². The predicted molar refractivity (Wildman–Crippen MR) is 82.7 cm³/mol. The molecule has 1 unspecified atom stereocenters. The van der Waals surface area contributed by atoms with Crippen LogP contribution in [0.15, 0.2) is 30.3 Å². The summed E-state index contributed by atoms with van der Waals surface area (Å²) in [5, 5.41) is 5.00. The van der Waals surface area contributed by atoms with Gasteiger partial charge >= 0.3 is 0 Å². The molecule has 1 N–H and O–H groups in total. The van der Waals surface area contributed by atoms with Crippen molar-refractivity contribution in [3.63, 3.8) is 0 Å². The van der Waals surface area contributed by atoms with E-state index in [1.165, 1.54) is 0 Å². The molecule has 0 saturated carbocycles. The summed E-state index contributed by atoms with van der Waals surface area (Å²) in [5.74, 6) is -0.211. The molecule has 2 heterocycles. The number of aromatic nitrogens is 1. The topological polar surface area (TPSA) is 51.2 Å². The highest BCUT2D eigenvalue weighted by atomic mass is 35.5. The van der Waals surface area contributed by atoms with Crippen LogP contribution in [-0.4, -0.2) is 30.1 Å². The maximum absolute atomic E-state index is 12.2. The summed E-state index contributed by atoms with van der Waals surface area (Å²) in [6, 6.07) is 9.39. The molecule has 1 atom stereocenters. The van der Waals surface area contributed by atoms with Gasteiger partial charge in [-0.3, -0.25) is 4.79 Å². The third-order valence-electron chi connectivity index (χ3n) is 3.69. The Morgan fingerprint density at radius 1 is 1.38 bits per heavy atom. The van der Waals surface area contributed by atoms with Crippen LogP contribution in [-0.2, 0) is 4.74 Å². The highest BCUT2D eigenvalue weighted by molar-refractivity contribution is 6.34. The van der Waals surface area contributed by atoms with E-state index in [0.717, 1.165) is 36.6 Å². The highest BCUT2D eigenvalue weighted by Crippen LogP contribution is 2.22. The first kappa shape index (κ1) is 14.3. The third-order valence-corrected chi connectivity index (χ3v) is 3.98. The van der Waals surface area contributed by atoms with Crippen molar-refractivity contribution in [3.05, 3.63) is 41.2 Å². The van der Waals surface area contributed by atoms with Crippen molar-refractivity contribution >= 4 is 28.3 Å². The quantitative estimate of drug-likeness (QED) is 0.886. The van der Waals surface area contributed by atoms with Crippen LogP contribution in [0.5, 0.6) is 0 Å². The van der Waals surface area contributed by atoms with Gasteiger partial charge < -0.3 is 10.1 Å². The Hall–Kier alpha value is -1.65. The smallest absolute Gasteiger partial charge is 0.270 e. The van der Waals surface area contributed by atoms with Crippen LogP contribution in [0.25, 0.3) is 10.8 Å². The second-order valence-electron chi connectivity index (χ2n) is 5.22. The van der Waals surface area contributed by atoms with E-state index in [9.17, 15) is 4.79 Å². The molecule has 0 aliphatic carbocycles. The second-order valence-corrected chi connectivity index (χ2v) is 5.58. The Balaban J connectivity index is 1.72. The molecule has 1 fully saturated rings. The summed E-state index contributed by atoms with van der Waals surface area (Å²) >= 11 is 6.14. The first-order chi connectivity index (χ1) is 10.2. The summed E-state index contributed by atoms with van der Waals surface area (Å²) in [5.41, 5.74) is 0.342. The minimum atomic E-state index is -0.211. The minimum Gasteiger partial charge on any atom is -0.376 e. The summed E-state index contributed by atoms with van der Waals surface area (Å²) in [4.78, 5) is 16.4. The molecule has 0 radical (unpaired) electrons. The normalized spacial score (nSPS) is 18.6. The van der Waals surface area contributed by atoms with E-state index in [0.29, 0.717) is 17.4 Å². The SMILES string of the molecule is O=C(NCC1CCCCO1)c1cc2ccccc2c(Cl)n1. The van der Waals surface area contributed by atoms with Crippen molar-refractivity contribution in [2.75, 3.05) is 13.2 Å². The Labute approximate surface area is 128 Å². The van der Waals surface area contributed by atoms with Gasteiger partial charge in [0, 0.05) is 18.5 Å². The van der Waals surface area contributed by atoms with E-state index >= 15 is 0 Å². The van der Waals surface area contributed by atoms with E-state index in [1.807, 2.05) is 24.3 Å². The molecule has 1 aromatic heterocycles. The van der Waals surface area contributed by atoms with Crippen LogP contribution in [0.1, 0.15) is 29.8 Å². The number of ether oxygens (including phenoxy) is 1. The standard InChI is InChI=1S/C16H17ClN2O2/c17-15-13-7-2-1-5-11(13)9-14(19-15)16(20)18-10-12-6-3-4-8-21-12/h1-2,5,7,9,12H,3-4,6,8,10H2,(H,18,20). The van der Waals surface area contributed by atoms with Gasteiger partial charge in [-0.2, -0.15) is 0 Å². The summed E-state index contributed by atoms with van der Waals surface area (Å²) in [6.45, 7) is 1.30. The molecule has 0 spiro atoms. The molecular formula is C16H17ClN2O2. The molecule has 21 heavy (non-hydrogen) atoms. The number of carbonyl (C=O) groups excluding carboxylic acids is 1. The summed E-state index contributed by atoms with van der Waals surface area (Å²) in [7, 11) is 0. The molecule has 5 heteroatoms. The number of carbonyl (C=O) groups is 1. The first-order valence-corrected chi connectivity index (χ1v) is 7.57. The Bertz CT molecular complexity index is 654. The largest absolute Gasteiger partial charge is 0.376 e. The molecule has 3 rings (SSSR count). The number of fused-ring (bicyclic) bond motifs is 1. The zero-order valence-electron chi connectivity index (χ0n) is 11.6. The molecule has 1 aliphatic rings. The van der Waals surface area contributed by atoms with Crippen LogP contribution < -0.4 is 5.32 Å². The number of benzene rings is 1. The van der Waals surface area contributed by atoms with Gasteiger partial charge in [0.25, 0.3) is 5.91 Å². The van der Waals surface area contributed by atoms with E-state index < -0.39 is 0 Å². The Morgan fingerprint density at radius 3 is 3.05 bits per heavy atom. The summed E-state index contributed by atoms with van der Waals surface area (Å²) < 4.78 is 5.60. The van der Waals surface area contributed by atoms with Crippen LogP contribution in [0, 0.1) is 0 Å². The fourth-order valence-electron chi connectivity index (χ4n) is 2.54. The fraction of sp³-hybridized carbons (Fsp3) is 0.375. The van der Waals surface area contributed by atoms with E-state index in [2.05, 4.69) is 10.3 Å². The van der Waals surface area contributed by atoms with Crippen molar-refractivity contribution in [1.82, 2.24) is 10.3 Å². The van der Waals surface area contributed by atoms with Crippen LogP contribution >= 0.6 is 11.6 Å². The molecule has 1 amide bonds. The van der Waals surface area contributed by atoms with E-state index in [1.54, 1.807) is 6.07 Å². The predicted octanol–water partition coefficient (Wildman–Crippen LogP) is 3.19. The number of nitrogens with zero attached hydrogens (tertiary/aromatic N) is 1. The van der Waals surface area contributed by atoms with Crippen molar-refractivity contribution < 1.29 is 9.53 Å².